The Kier molecular flexibility index (Phi) is 27.6. The molecule has 4 rings (SSSR count). The first-order chi connectivity index (χ1) is 38.5. The van der Waals surface area contributed by atoms with Gasteiger partial charge in [-0.25, -0.2) is 0 Å². The Morgan fingerprint density at radius 3 is 1.85 bits per heavy atom. The lowest BCUT2D eigenvalue weighted by Crippen LogP contribution is -2.60. The Morgan fingerprint density at radius 1 is 0.704 bits per heavy atom. The van der Waals surface area contributed by atoms with Crippen molar-refractivity contribution in [1.82, 2.24) is 46.0 Å². The molecule has 0 saturated carbocycles. The van der Waals surface area contributed by atoms with E-state index in [-0.39, 0.29) is 97.2 Å². The Labute approximate surface area is 480 Å². The molecule has 0 radical (unpaired) electrons. The summed E-state index contributed by atoms with van der Waals surface area (Å²) in [6.07, 6.45) is 5.51. The van der Waals surface area contributed by atoms with Crippen LogP contribution in [-0.4, -0.2) is 175 Å². The Bertz CT molecular complexity index is 2410. The lowest BCUT2D eigenvalue weighted by atomic mass is 9.89. The molecular weight excluding hydrogens is 1030 g/mol. The average molecular weight is 1130 g/mol. The van der Waals surface area contributed by atoms with Gasteiger partial charge in [0, 0.05) is 79.4 Å². The van der Waals surface area contributed by atoms with E-state index in [1.807, 2.05) is 107 Å². The van der Waals surface area contributed by atoms with Crippen LogP contribution in [0.4, 0.5) is 0 Å². The van der Waals surface area contributed by atoms with Crippen LogP contribution in [0.1, 0.15) is 124 Å². The van der Waals surface area contributed by atoms with Crippen LogP contribution in [0.15, 0.2) is 72.8 Å². The van der Waals surface area contributed by atoms with E-state index in [0.29, 0.717) is 64.6 Å². The van der Waals surface area contributed by atoms with Gasteiger partial charge in [-0.15, -0.1) is 0 Å². The summed E-state index contributed by atoms with van der Waals surface area (Å²) in [5.74, 6) is -4.28. The predicted octanol–water partition coefficient (Wildman–Crippen LogP) is 4.80. The Hall–Kier alpha value is -6.51. The molecule has 20 heteroatoms. The number of benzene rings is 2. The standard InChI is InChI=1S/C61H93N9O11/c1-13-42(6)56(68(10)61(79)54(40(2)3)63-59(77)55(41(4)5)66(8)34-24-31-50(72)65-64-49(71)30-21-16-22-35-70-51(73)32-33-52(70)74)48(80-11)38-53(75)69-36-23-29-47(69)57(81-12)43(7)58(76)62-46(37-44-25-17-14-18-26-44)60(78)67(9)39-45-27-19-15-20-28-45/h14-15,17-20,25-28,32-33,40-43,46-48,54-57H,13,16,21-24,29-31,34-39H2,1-12H3,(H,62,76)(H,63,77)(H,64,71)(H,65,72)/t42-,43+,46-,47-,48+,54-,55-,56-,57+/m0/s1. The van der Waals surface area contributed by atoms with Gasteiger partial charge in [0.15, 0.2) is 0 Å². The van der Waals surface area contributed by atoms with Gasteiger partial charge < -0.3 is 34.8 Å². The fourth-order valence-corrected chi connectivity index (χ4v) is 11.1. The number of rotatable bonds is 33. The number of likely N-dealkylation sites (N-methyl/N-ethyl adjacent to an activating group) is 3. The highest BCUT2D eigenvalue weighted by Gasteiger charge is 2.44. The Balaban J connectivity index is 1.36. The number of hydrogen-bond donors (Lipinski definition) is 4. The summed E-state index contributed by atoms with van der Waals surface area (Å²) in [4.78, 5) is 128. The minimum atomic E-state index is -0.924. The molecule has 1 saturated heterocycles. The number of hydrazine groups is 1. The molecule has 448 valence electrons. The third-order valence-corrected chi connectivity index (χ3v) is 15.8. The zero-order valence-corrected chi connectivity index (χ0v) is 50.1. The van der Waals surface area contributed by atoms with Crippen LogP contribution in [0.2, 0.25) is 0 Å². The van der Waals surface area contributed by atoms with E-state index in [9.17, 15) is 43.2 Å². The monoisotopic (exact) mass is 1130 g/mol. The van der Waals surface area contributed by atoms with Crippen molar-refractivity contribution in [2.75, 3.05) is 55.0 Å². The second-order valence-corrected chi connectivity index (χ2v) is 22.6. The molecule has 9 amide bonds. The molecule has 20 nitrogen and oxygen atoms in total. The molecule has 2 aromatic carbocycles. The van der Waals surface area contributed by atoms with E-state index in [1.165, 1.54) is 26.4 Å². The molecule has 2 heterocycles. The number of imide groups is 1. The maximum Gasteiger partial charge on any atom is 0.253 e. The molecule has 0 aliphatic carbocycles. The number of likely N-dealkylation sites (tertiary alicyclic amines) is 1. The quantitative estimate of drug-likeness (QED) is 0.0429. The lowest BCUT2D eigenvalue weighted by molar-refractivity contribution is -0.148. The van der Waals surface area contributed by atoms with Crippen molar-refractivity contribution in [2.45, 2.75) is 168 Å². The fourth-order valence-electron chi connectivity index (χ4n) is 11.1. The number of hydrogen-bond acceptors (Lipinski definition) is 12. The van der Waals surface area contributed by atoms with Crippen molar-refractivity contribution >= 4 is 53.2 Å². The number of ether oxygens (including phenoxy) is 2. The average Bonchev–Trinajstić information content (AvgIpc) is 4.08. The van der Waals surface area contributed by atoms with Crippen molar-refractivity contribution in [3.8, 4) is 0 Å². The fraction of sp³-hybridized carbons (Fsp3) is 0.623. The molecule has 9 atom stereocenters. The smallest absolute Gasteiger partial charge is 0.253 e. The molecule has 0 unspecified atom stereocenters. The van der Waals surface area contributed by atoms with Crippen LogP contribution in [0.3, 0.4) is 0 Å². The SMILES string of the molecule is CC[C@H](C)[C@@H]([C@@H](CC(=O)N1CCC[C@H]1[C@H](OC)[C@@H](C)C(=O)N[C@@H](Cc1ccccc1)C(=O)N(C)Cc1ccccc1)OC)N(C)C(=O)[C@@H](NC(=O)[C@H](C(C)C)N(C)CCCC(=O)NNC(=O)CCCCCN1C(=O)C=CC1=O)C(C)C. The van der Waals surface area contributed by atoms with Gasteiger partial charge in [-0.2, -0.15) is 0 Å². The minimum Gasteiger partial charge on any atom is -0.379 e. The van der Waals surface area contributed by atoms with Gasteiger partial charge in [0.2, 0.25) is 41.4 Å². The van der Waals surface area contributed by atoms with Crippen LogP contribution in [-0.2, 0) is 65.6 Å². The summed E-state index contributed by atoms with van der Waals surface area (Å²) < 4.78 is 12.2. The number of nitrogens with one attached hydrogen (secondary N) is 4. The van der Waals surface area contributed by atoms with E-state index in [1.54, 1.807) is 42.8 Å². The van der Waals surface area contributed by atoms with Crippen molar-refractivity contribution in [1.29, 1.82) is 0 Å². The van der Waals surface area contributed by atoms with Gasteiger partial charge in [-0.05, 0) is 74.6 Å². The van der Waals surface area contributed by atoms with E-state index in [4.69, 9.17) is 9.47 Å². The van der Waals surface area contributed by atoms with E-state index in [0.717, 1.165) is 16.0 Å². The molecule has 1 fully saturated rings. The van der Waals surface area contributed by atoms with Gasteiger partial charge in [-0.3, -0.25) is 63.8 Å². The number of nitrogens with zero attached hydrogens (tertiary/aromatic N) is 5. The van der Waals surface area contributed by atoms with Crippen LogP contribution in [0, 0.1) is 23.7 Å². The third-order valence-electron chi connectivity index (χ3n) is 15.8. The maximum absolute atomic E-state index is 14.7. The molecule has 0 aromatic heterocycles. The Morgan fingerprint density at radius 2 is 1.30 bits per heavy atom. The highest BCUT2D eigenvalue weighted by molar-refractivity contribution is 6.12. The van der Waals surface area contributed by atoms with Gasteiger partial charge in [0.1, 0.15) is 12.1 Å². The van der Waals surface area contributed by atoms with Crippen molar-refractivity contribution in [2.24, 2.45) is 23.7 Å². The van der Waals surface area contributed by atoms with E-state index in [2.05, 4.69) is 21.5 Å². The summed E-state index contributed by atoms with van der Waals surface area (Å²) in [7, 11) is 8.27. The number of carbonyl (C=O) groups excluding carboxylic acids is 9. The highest BCUT2D eigenvalue weighted by atomic mass is 16.5. The van der Waals surface area contributed by atoms with Crippen LogP contribution in [0.5, 0.6) is 0 Å². The normalized spacial score (nSPS) is 17.3. The van der Waals surface area contributed by atoms with Gasteiger partial charge in [-0.1, -0.05) is 122 Å². The molecule has 0 spiro atoms. The van der Waals surface area contributed by atoms with Crippen LogP contribution in [0.25, 0.3) is 0 Å². The van der Waals surface area contributed by atoms with E-state index < -0.39 is 54.2 Å². The summed E-state index contributed by atoms with van der Waals surface area (Å²) >= 11 is 0. The van der Waals surface area contributed by atoms with Crippen molar-refractivity contribution < 1.29 is 52.6 Å². The summed E-state index contributed by atoms with van der Waals surface area (Å²) in [6.45, 7) is 14.8. The van der Waals surface area contributed by atoms with Gasteiger partial charge >= 0.3 is 0 Å². The summed E-state index contributed by atoms with van der Waals surface area (Å²) in [6, 6.07) is 15.7. The second-order valence-electron chi connectivity index (χ2n) is 22.6. The first-order valence-electron chi connectivity index (χ1n) is 28.9. The molecule has 4 N–H and O–H groups in total. The van der Waals surface area contributed by atoms with Crippen LogP contribution >= 0.6 is 0 Å². The summed E-state index contributed by atoms with van der Waals surface area (Å²) in [5.41, 5.74) is 6.73. The topological polar surface area (TPSA) is 236 Å². The first kappa shape index (κ1) is 67.0. The zero-order chi connectivity index (χ0) is 59.9. The van der Waals surface area contributed by atoms with E-state index >= 15 is 0 Å². The van der Waals surface area contributed by atoms with Crippen molar-refractivity contribution in [3.63, 3.8) is 0 Å². The number of methoxy groups -OCH3 is 2. The van der Waals surface area contributed by atoms with Gasteiger partial charge in [0.25, 0.3) is 11.8 Å². The molecular formula is C61H93N9O11. The van der Waals surface area contributed by atoms with Crippen molar-refractivity contribution in [3.05, 3.63) is 83.9 Å². The highest BCUT2D eigenvalue weighted by Crippen LogP contribution is 2.30. The number of carbonyl (C=O) groups is 9. The predicted molar refractivity (Wildman–Crippen MR) is 309 cm³/mol. The van der Waals surface area contributed by atoms with Gasteiger partial charge in [0.05, 0.1) is 42.7 Å². The minimum absolute atomic E-state index is 0.0610. The second kappa shape index (κ2) is 33.4. The number of amides is 9. The van der Waals surface area contributed by atoms with Crippen LogP contribution < -0.4 is 21.5 Å². The zero-order valence-electron chi connectivity index (χ0n) is 50.1. The first-order valence-corrected chi connectivity index (χ1v) is 28.9. The summed E-state index contributed by atoms with van der Waals surface area (Å²) in [5, 5.41) is 6.11. The largest absolute Gasteiger partial charge is 0.379 e. The molecule has 0 bridgehead atoms. The molecule has 2 aliphatic rings. The lowest BCUT2D eigenvalue weighted by Gasteiger charge is -2.41. The molecule has 2 aliphatic heterocycles. The number of unbranched alkanes of at least 4 members (excludes halogenated alkanes) is 2. The molecule has 81 heavy (non-hydrogen) atoms. The maximum atomic E-state index is 14.7. The third kappa shape index (κ3) is 19.9. The molecule has 2 aromatic rings.